The summed E-state index contributed by atoms with van der Waals surface area (Å²) in [6.45, 7) is 4.33. The number of hydrogen-bond donors (Lipinski definition) is 0. The van der Waals surface area contributed by atoms with Crippen molar-refractivity contribution in [1.29, 1.82) is 5.26 Å². The van der Waals surface area contributed by atoms with Gasteiger partial charge < -0.3 is 4.57 Å². The molecule has 1 aromatic heterocycles. The first-order chi connectivity index (χ1) is 9.62. The van der Waals surface area contributed by atoms with E-state index in [1.165, 1.54) is 44.9 Å². The molecule has 20 heavy (non-hydrogen) atoms. The molecule has 0 aliphatic carbocycles. The Morgan fingerprint density at radius 3 is 2.20 bits per heavy atom. The highest BCUT2D eigenvalue weighted by Gasteiger charge is 2.26. The van der Waals surface area contributed by atoms with Crippen molar-refractivity contribution < 1.29 is 0 Å². The molecule has 112 valence electrons. The molecule has 1 heterocycles. The van der Waals surface area contributed by atoms with E-state index < -0.39 is 0 Å². The van der Waals surface area contributed by atoms with E-state index in [9.17, 15) is 5.26 Å². The van der Waals surface area contributed by atoms with Gasteiger partial charge in [-0.05, 0) is 25.0 Å². The zero-order valence-electron chi connectivity index (χ0n) is 13.5. The van der Waals surface area contributed by atoms with Crippen LogP contribution in [0.3, 0.4) is 0 Å². The SMILES string of the molecule is CCCCCCCCCCC(C)(C#N)c1ccn(C)c1. The molecule has 1 atom stereocenters. The minimum atomic E-state index is -0.316. The van der Waals surface area contributed by atoms with E-state index in [0.717, 1.165) is 18.4 Å². The third-order valence-corrected chi connectivity index (χ3v) is 4.25. The molecule has 2 heteroatoms. The van der Waals surface area contributed by atoms with Gasteiger partial charge in [-0.15, -0.1) is 0 Å². The summed E-state index contributed by atoms with van der Waals surface area (Å²) < 4.78 is 2.03. The third kappa shape index (κ3) is 5.41. The third-order valence-electron chi connectivity index (χ3n) is 4.25. The van der Waals surface area contributed by atoms with Crippen molar-refractivity contribution >= 4 is 0 Å². The van der Waals surface area contributed by atoms with Crippen molar-refractivity contribution in [2.45, 2.75) is 77.0 Å². The van der Waals surface area contributed by atoms with Gasteiger partial charge in [0.1, 0.15) is 0 Å². The molecule has 0 saturated carbocycles. The van der Waals surface area contributed by atoms with Crippen LogP contribution in [0.25, 0.3) is 0 Å². The van der Waals surface area contributed by atoms with Crippen LogP contribution in [-0.4, -0.2) is 4.57 Å². The van der Waals surface area contributed by atoms with Gasteiger partial charge in [-0.3, -0.25) is 0 Å². The second-order valence-electron chi connectivity index (χ2n) is 6.23. The van der Waals surface area contributed by atoms with E-state index >= 15 is 0 Å². The lowest BCUT2D eigenvalue weighted by atomic mass is 9.81. The molecular formula is C18H30N2. The highest BCUT2D eigenvalue weighted by atomic mass is 14.9. The maximum atomic E-state index is 9.49. The first-order valence-corrected chi connectivity index (χ1v) is 8.16. The Morgan fingerprint density at radius 2 is 1.70 bits per heavy atom. The molecule has 0 bridgehead atoms. The number of unbranched alkanes of at least 4 members (excludes halogenated alkanes) is 7. The Hall–Kier alpha value is -1.23. The Labute approximate surface area is 124 Å². The molecule has 0 aliphatic rings. The Bertz CT molecular complexity index is 413. The van der Waals surface area contributed by atoms with Crippen LogP contribution in [0.1, 0.15) is 77.2 Å². The molecule has 0 spiro atoms. The van der Waals surface area contributed by atoms with Crippen molar-refractivity contribution in [2.24, 2.45) is 7.05 Å². The minimum Gasteiger partial charge on any atom is -0.357 e. The average molecular weight is 274 g/mol. The van der Waals surface area contributed by atoms with Crippen molar-refractivity contribution in [1.82, 2.24) is 4.57 Å². The van der Waals surface area contributed by atoms with Gasteiger partial charge in [0.2, 0.25) is 0 Å². The first-order valence-electron chi connectivity index (χ1n) is 8.16. The summed E-state index contributed by atoms with van der Waals surface area (Å²) in [6, 6.07) is 4.59. The van der Waals surface area contributed by atoms with Gasteiger partial charge >= 0.3 is 0 Å². The summed E-state index contributed by atoms with van der Waals surface area (Å²) in [5, 5.41) is 9.49. The Kier molecular flexibility index (Phi) is 7.44. The topological polar surface area (TPSA) is 28.7 Å². The van der Waals surface area contributed by atoms with E-state index in [1.54, 1.807) is 0 Å². The lowest BCUT2D eigenvalue weighted by Crippen LogP contribution is -2.18. The van der Waals surface area contributed by atoms with Gasteiger partial charge in [-0.2, -0.15) is 5.26 Å². The summed E-state index contributed by atoms with van der Waals surface area (Å²) in [5.74, 6) is 0. The fraction of sp³-hybridized carbons (Fsp3) is 0.722. The van der Waals surface area contributed by atoms with Crippen molar-refractivity contribution in [3.63, 3.8) is 0 Å². The van der Waals surface area contributed by atoms with Crippen LogP contribution >= 0.6 is 0 Å². The second kappa shape index (κ2) is 8.84. The van der Waals surface area contributed by atoms with E-state index in [1.807, 2.05) is 17.8 Å². The molecule has 0 N–H and O–H groups in total. The smallest absolute Gasteiger partial charge is 0.0808 e. The monoisotopic (exact) mass is 274 g/mol. The van der Waals surface area contributed by atoms with Crippen molar-refractivity contribution in [3.8, 4) is 6.07 Å². The highest BCUT2D eigenvalue weighted by molar-refractivity contribution is 5.29. The number of nitriles is 1. The molecule has 0 saturated heterocycles. The fourth-order valence-corrected chi connectivity index (χ4v) is 2.71. The molecule has 2 nitrogen and oxygen atoms in total. The number of rotatable bonds is 10. The molecule has 0 aromatic carbocycles. The van der Waals surface area contributed by atoms with Gasteiger partial charge in [0.15, 0.2) is 0 Å². The van der Waals surface area contributed by atoms with Crippen LogP contribution in [0.4, 0.5) is 0 Å². The number of aryl methyl sites for hydroxylation is 1. The average Bonchev–Trinajstić information content (AvgIpc) is 2.89. The summed E-state index contributed by atoms with van der Waals surface area (Å²) >= 11 is 0. The molecule has 1 rings (SSSR count). The molecule has 0 radical (unpaired) electrons. The molecular weight excluding hydrogens is 244 g/mol. The molecule has 0 fully saturated rings. The van der Waals surface area contributed by atoms with Crippen LogP contribution in [-0.2, 0) is 12.5 Å². The van der Waals surface area contributed by atoms with Crippen LogP contribution in [0.15, 0.2) is 18.5 Å². The first kappa shape index (κ1) is 16.8. The number of nitrogens with zero attached hydrogens (tertiary/aromatic N) is 2. The second-order valence-corrected chi connectivity index (χ2v) is 6.23. The van der Waals surface area contributed by atoms with Crippen LogP contribution in [0, 0.1) is 11.3 Å². The maximum Gasteiger partial charge on any atom is 0.0808 e. The van der Waals surface area contributed by atoms with Crippen LogP contribution < -0.4 is 0 Å². The molecule has 1 aromatic rings. The Balaban J connectivity index is 2.24. The fourth-order valence-electron chi connectivity index (χ4n) is 2.71. The van der Waals surface area contributed by atoms with Crippen LogP contribution in [0.2, 0.25) is 0 Å². The number of aromatic nitrogens is 1. The van der Waals surface area contributed by atoms with E-state index in [2.05, 4.69) is 32.2 Å². The van der Waals surface area contributed by atoms with Gasteiger partial charge in [0.25, 0.3) is 0 Å². The lowest BCUT2D eigenvalue weighted by Gasteiger charge is -2.20. The molecule has 0 amide bonds. The van der Waals surface area contributed by atoms with Crippen molar-refractivity contribution in [2.75, 3.05) is 0 Å². The zero-order chi connectivity index (χ0) is 14.8. The maximum absolute atomic E-state index is 9.49. The quantitative estimate of drug-likeness (QED) is 0.530. The van der Waals surface area contributed by atoms with Gasteiger partial charge in [0.05, 0.1) is 11.5 Å². The zero-order valence-corrected chi connectivity index (χ0v) is 13.5. The normalized spacial score (nSPS) is 13.9. The molecule has 1 unspecified atom stereocenters. The number of hydrogen-bond acceptors (Lipinski definition) is 1. The summed E-state index contributed by atoms with van der Waals surface area (Å²) in [7, 11) is 2.01. The largest absolute Gasteiger partial charge is 0.357 e. The van der Waals surface area contributed by atoms with Gasteiger partial charge in [0, 0.05) is 19.4 Å². The van der Waals surface area contributed by atoms with E-state index in [-0.39, 0.29) is 5.41 Å². The highest BCUT2D eigenvalue weighted by Crippen LogP contribution is 2.29. The van der Waals surface area contributed by atoms with Crippen molar-refractivity contribution in [3.05, 3.63) is 24.0 Å². The summed E-state index contributed by atoms with van der Waals surface area (Å²) in [6.07, 6.45) is 15.6. The standard InChI is InChI=1S/C18H30N2/c1-4-5-6-7-8-9-10-11-13-18(2,16-19)17-12-14-20(3)15-17/h12,14-15H,4-11,13H2,1-3H3. The van der Waals surface area contributed by atoms with Gasteiger partial charge in [-0.1, -0.05) is 58.3 Å². The summed E-state index contributed by atoms with van der Waals surface area (Å²) in [4.78, 5) is 0. The Morgan fingerprint density at radius 1 is 1.10 bits per heavy atom. The van der Waals surface area contributed by atoms with Gasteiger partial charge in [-0.25, -0.2) is 0 Å². The van der Waals surface area contributed by atoms with E-state index in [0.29, 0.717) is 0 Å². The summed E-state index contributed by atoms with van der Waals surface area (Å²) in [5.41, 5.74) is 0.842. The van der Waals surface area contributed by atoms with Crippen LogP contribution in [0.5, 0.6) is 0 Å². The predicted octanol–water partition coefficient (Wildman–Crippen LogP) is 5.34. The molecule has 0 aliphatic heterocycles. The minimum absolute atomic E-state index is 0.316. The van der Waals surface area contributed by atoms with E-state index in [4.69, 9.17) is 0 Å². The predicted molar refractivity (Wildman–Crippen MR) is 85.6 cm³/mol. The lowest BCUT2D eigenvalue weighted by molar-refractivity contribution is 0.490.